The molecule has 0 amide bonds. The fraction of sp³-hybridized carbons (Fsp3) is 0.500. The molecule has 0 radical (unpaired) electrons. The number of hydrogen-bond acceptors (Lipinski definition) is 4. The second kappa shape index (κ2) is 3.76. The van der Waals surface area contributed by atoms with Crippen LogP contribution in [-0.2, 0) is 0 Å². The first kappa shape index (κ1) is 12.0. The summed E-state index contributed by atoms with van der Waals surface area (Å²) in [6.07, 6.45) is -3.58. The van der Waals surface area contributed by atoms with Gasteiger partial charge in [0.05, 0.1) is 18.4 Å². The lowest BCUT2D eigenvalue weighted by molar-refractivity contribution is -0.250. The maximum absolute atomic E-state index is 12.6. The number of hydrogen-bond donors (Lipinski definition) is 2. The van der Waals surface area contributed by atoms with Crippen molar-refractivity contribution in [3.8, 4) is 0 Å². The van der Waals surface area contributed by atoms with Crippen LogP contribution >= 0.6 is 0 Å². The van der Waals surface area contributed by atoms with Crippen molar-refractivity contribution in [2.24, 2.45) is 0 Å². The second-order valence-electron chi connectivity index (χ2n) is 4.15. The fourth-order valence-corrected chi connectivity index (χ4v) is 1.81. The normalized spacial score (nSPS) is 25.3. The first-order chi connectivity index (χ1) is 7.82. The lowest BCUT2D eigenvalue weighted by Gasteiger charge is -2.26. The van der Waals surface area contributed by atoms with Crippen molar-refractivity contribution >= 4 is 11.5 Å². The molecular formula is C10H12F3N3O. The lowest BCUT2D eigenvalue weighted by Crippen LogP contribution is -2.47. The van der Waals surface area contributed by atoms with E-state index in [-0.39, 0.29) is 13.0 Å². The third-order valence-corrected chi connectivity index (χ3v) is 2.87. The van der Waals surface area contributed by atoms with E-state index < -0.39 is 18.3 Å². The van der Waals surface area contributed by atoms with E-state index in [0.717, 1.165) is 0 Å². The van der Waals surface area contributed by atoms with E-state index in [9.17, 15) is 18.3 Å². The number of nitrogens with two attached hydrogens (primary N) is 1. The summed E-state index contributed by atoms with van der Waals surface area (Å²) >= 11 is 0. The zero-order chi connectivity index (χ0) is 12.7. The number of β-amino-alcohol motifs (C(OH)–C–C–N with tert-alkyl or cyclic N) is 1. The predicted molar refractivity (Wildman–Crippen MR) is 56.5 cm³/mol. The smallest absolute Gasteiger partial charge is 0.397 e. The third-order valence-electron chi connectivity index (χ3n) is 2.87. The van der Waals surface area contributed by atoms with Crippen LogP contribution in [-0.4, -0.2) is 35.0 Å². The van der Waals surface area contributed by atoms with Gasteiger partial charge in [-0.15, -0.1) is 0 Å². The molecule has 0 bridgehead atoms. The molecule has 1 aliphatic heterocycles. The number of halogens is 3. The minimum atomic E-state index is -4.62. The molecular weight excluding hydrogens is 235 g/mol. The molecule has 2 heterocycles. The molecule has 1 atom stereocenters. The van der Waals surface area contributed by atoms with E-state index in [1.54, 1.807) is 6.07 Å². The van der Waals surface area contributed by atoms with Gasteiger partial charge in [-0.3, -0.25) is 0 Å². The molecule has 0 unspecified atom stereocenters. The average molecular weight is 247 g/mol. The molecule has 0 aromatic carbocycles. The molecule has 1 fully saturated rings. The van der Waals surface area contributed by atoms with E-state index >= 15 is 0 Å². The Hall–Kier alpha value is -1.50. The van der Waals surface area contributed by atoms with E-state index in [1.165, 1.54) is 17.2 Å². The summed E-state index contributed by atoms with van der Waals surface area (Å²) in [7, 11) is 0. The maximum Gasteiger partial charge on any atom is 0.418 e. The molecule has 7 heteroatoms. The van der Waals surface area contributed by atoms with Crippen LogP contribution in [0.4, 0.5) is 24.7 Å². The van der Waals surface area contributed by atoms with Crippen molar-refractivity contribution in [3.05, 3.63) is 18.3 Å². The number of pyridine rings is 1. The Morgan fingerprint density at radius 3 is 2.59 bits per heavy atom. The molecule has 94 valence electrons. The van der Waals surface area contributed by atoms with E-state index in [1.807, 2.05) is 0 Å². The lowest BCUT2D eigenvalue weighted by atomic mass is 10.0. The van der Waals surface area contributed by atoms with Crippen LogP contribution in [0.15, 0.2) is 18.3 Å². The SMILES string of the molecule is Nc1ccc(N2CC[C@@](O)(C(F)(F)F)C2)nc1. The molecule has 1 aromatic heterocycles. The molecule has 1 aromatic rings. The van der Waals surface area contributed by atoms with Gasteiger partial charge in [0.1, 0.15) is 5.82 Å². The molecule has 17 heavy (non-hydrogen) atoms. The van der Waals surface area contributed by atoms with Gasteiger partial charge in [0.25, 0.3) is 0 Å². The average Bonchev–Trinajstić information content (AvgIpc) is 2.63. The fourth-order valence-electron chi connectivity index (χ4n) is 1.81. The summed E-state index contributed by atoms with van der Waals surface area (Å²) in [6.45, 7) is -0.375. The van der Waals surface area contributed by atoms with Crippen LogP contribution in [0.3, 0.4) is 0 Å². The molecule has 0 aliphatic carbocycles. The predicted octanol–water partition coefficient (Wildman–Crippen LogP) is 1.17. The summed E-state index contributed by atoms with van der Waals surface area (Å²) in [4.78, 5) is 5.33. The minimum absolute atomic E-state index is 0.118. The van der Waals surface area contributed by atoms with E-state index in [4.69, 9.17) is 5.73 Å². The van der Waals surface area contributed by atoms with E-state index in [0.29, 0.717) is 11.5 Å². The number of nitrogen functional groups attached to an aromatic ring is 1. The van der Waals surface area contributed by atoms with E-state index in [2.05, 4.69) is 4.98 Å². The molecule has 1 saturated heterocycles. The number of aromatic nitrogens is 1. The third kappa shape index (κ3) is 2.14. The van der Waals surface area contributed by atoms with Crippen molar-refractivity contribution in [2.45, 2.75) is 18.2 Å². The molecule has 1 aliphatic rings. The first-order valence-corrected chi connectivity index (χ1v) is 5.07. The van der Waals surface area contributed by atoms with Crippen LogP contribution in [0.2, 0.25) is 0 Å². The zero-order valence-corrected chi connectivity index (χ0v) is 8.91. The Labute approximate surface area is 95.9 Å². The van der Waals surface area contributed by atoms with Crippen LogP contribution in [0.25, 0.3) is 0 Å². The van der Waals surface area contributed by atoms with Crippen molar-refractivity contribution in [2.75, 3.05) is 23.7 Å². The Balaban J connectivity index is 2.15. The topological polar surface area (TPSA) is 62.4 Å². The summed E-state index contributed by atoms with van der Waals surface area (Å²) < 4.78 is 37.7. The standard InChI is InChI=1S/C10H12F3N3O/c11-10(12,13)9(17)3-4-16(6-9)8-2-1-7(14)5-15-8/h1-2,5,17H,3-4,6,14H2/t9-/m0/s1. The first-order valence-electron chi connectivity index (χ1n) is 5.07. The van der Waals surface area contributed by atoms with Crippen molar-refractivity contribution in [3.63, 3.8) is 0 Å². The van der Waals surface area contributed by atoms with Crippen LogP contribution < -0.4 is 10.6 Å². The molecule has 4 nitrogen and oxygen atoms in total. The van der Waals surface area contributed by atoms with Crippen LogP contribution in [0.5, 0.6) is 0 Å². The van der Waals surface area contributed by atoms with Gasteiger partial charge in [-0.2, -0.15) is 13.2 Å². The second-order valence-corrected chi connectivity index (χ2v) is 4.15. The van der Waals surface area contributed by atoms with Crippen molar-refractivity contribution in [1.29, 1.82) is 0 Å². The number of rotatable bonds is 1. The largest absolute Gasteiger partial charge is 0.418 e. The van der Waals surface area contributed by atoms with Crippen LogP contribution in [0, 0.1) is 0 Å². The highest BCUT2D eigenvalue weighted by atomic mass is 19.4. The number of alkyl halides is 3. The van der Waals surface area contributed by atoms with Gasteiger partial charge in [0.15, 0.2) is 5.60 Å². The Kier molecular flexibility index (Phi) is 2.65. The quantitative estimate of drug-likeness (QED) is 0.782. The molecule has 2 rings (SSSR count). The van der Waals surface area contributed by atoms with Gasteiger partial charge in [-0.05, 0) is 12.1 Å². The van der Waals surface area contributed by atoms with Gasteiger partial charge >= 0.3 is 6.18 Å². The number of anilines is 2. The molecule has 0 saturated carbocycles. The minimum Gasteiger partial charge on any atom is -0.397 e. The Morgan fingerprint density at radius 2 is 2.12 bits per heavy atom. The molecule has 0 spiro atoms. The number of aliphatic hydroxyl groups is 1. The summed E-state index contributed by atoms with van der Waals surface area (Å²) in [5, 5.41) is 9.49. The highest BCUT2D eigenvalue weighted by Gasteiger charge is 2.57. The maximum atomic E-state index is 12.6. The number of nitrogens with zero attached hydrogens (tertiary/aromatic N) is 2. The van der Waals surface area contributed by atoms with Gasteiger partial charge in [-0.1, -0.05) is 0 Å². The highest BCUT2D eigenvalue weighted by Crippen LogP contribution is 2.38. The summed E-state index contributed by atoms with van der Waals surface area (Å²) in [6, 6.07) is 3.10. The van der Waals surface area contributed by atoms with Crippen LogP contribution in [0.1, 0.15) is 6.42 Å². The Morgan fingerprint density at radius 1 is 1.41 bits per heavy atom. The zero-order valence-electron chi connectivity index (χ0n) is 8.91. The molecule has 3 N–H and O–H groups in total. The van der Waals surface area contributed by atoms with Gasteiger partial charge in [0, 0.05) is 13.0 Å². The summed E-state index contributed by atoms with van der Waals surface area (Å²) in [5.41, 5.74) is 3.24. The summed E-state index contributed by atoms with van der Waals surface area (Å²) in [5.74, 6) is 0.388. The Bertz CT molecular complexity index is 406. The highest BCUT2D eigenvalue weighted by molar-refractivity contribution is 5.47. The van der Waals surface area contributed by atoms with Gasteiger partial charge in [0.2, 0.25) is 0 Å². The van der Waals surface area contributed by atoms with Gasteiger partial charge in [-0.25, -0.2) is 4.98 Å². The van der Waals surface area contributed by atoms with Gasteiger partial charge < -0.3 is 15.7 Å². The van der Waals surface area contributed by atoms with Crippen molar-refractivity contribution < 1.29 is 18.3 Å². The monoisotopic (exact) mass is 247 g/mol. The van der Waals surface area contributed by atoms with Crippen molar-refractivity contribution in [1.82, 2.24) is 4.98 Å².